The van der Waals surface area contributed by atoms with Crippen molar-refractivity contribution in [1.82, 2.24) is 25.0 Å². The highest BCUT2D eigenvalue weighted by atomic mass is 16.2. The molecule has 2 saturated heterocycles. The van der Waals surface area contributed by atoms with Crippen LogP contribution in [0.2, 0.25) is 0 Å². The van der Waals surface area contributed by atoms with Crippen molar-refractivity contribution in [3.8, 4) is 0 Å². The average molecular weight is 402 g/mol. The van der Waals surface area contributed by atoms with Crippen LogP contribution in [0.1, 0.15) is 25.3 Å². The first-order chi connectivity index (χ1) is 14.0. The number of likely N-dealkylation sites (tertiary alicyclic amines) is 1. The van der Waals surface area contributed by atoms with Crippen LogP contribution < -0.4 is 10.2 Å². The predicted molar refractivity (Wildman–Crippen MR) is 117 cm³/mol. The topological polar surface area (TPSA) is 67.3 Å². The third-order valence-corrected chi connectivity index (χ3v) is 5.87. The fourth-order valence-corrected chi connectivity index (χ4v) is 4.01. The van der Waals surface area contributed by atoms with Crippen molar-refractivity contribution in [1.29, 1.82) is 0 Å². The molecule has 0 saturated carbocycles. The number of amides is 1. The minimum Gasteiger partial charge on any atom is -0.363 e. The summed E-state index contributed by atoms with van der Waals surface area (Å²) in [5.74, 6) is 2.14. The summed E-state index contributed by atoms with van der Waals surface area (Å²) in [6.45, 7) is 8.10. The Morgan fingerprint density at radius 2 is 1.86 bits per heavy atom. The molecule has 2 aliphatic heterocycles. The number of piperazine rings is 1. The van der Waals surface area contributed by atoms with E-state index in [9.17, 15) is 4.79 Å². The predicted octanol–water partition coefficient (Wildman–Crippen LogP) is 0.852. The van der Waals surface area contributed by atoms with Gasteiger partial charge in [0.05, 0.1) is 6.04 Å². The maximum absolute atomic E-state index is 12.7. The Bertz CT molecular complexity index is 707. The highest BCUT2D eigenvalue weighted by Gasteiger charge is 2.30. The van der Waals surface area contributed by atoms with Gasteiger partial charge in [0.25, 0.3) is 0 Å². The molecule has 1 aromatic rings. The molecule has 1 aromatic heterocycles. The van der Waals surface area contributed by atoms with E-state index in [1.165, 1.54) is 5.56 Å². The summed E-state index contributed by atoms with van der Waals surface area (Å²) in [4.78, 5) is 30.1. The normalized spacial score (nSPS) is 19.4. The number of hydrogen-bond acceptors (Lipinski definition) is 5. The minimum atomic E-state index is -0.0357. The molecule has 1 N–H and O–H groups in total. The minimum absolute atomic E-state index is 0.0357. The van der Waals surface area contributed by atoms with Gasteiger partial charge in [-0.15, -0.1) is 0 Å². The van der Waals surface area contributed by atoms with Gasteiger partial charge in [0, 0.05) is 73.2 Å². The second kappa shape index (κ2) is 9.91. The number of nitrogens with zero attached hydrogens (tertiary/aromatic N) is 6. The molecular formula is C21H35N7O. The summed E-state index contributed by atoms with van der Waals surface area (Å²) in [5, 5.41) is 3.47. The zero-order chi connectivity index (χ0) is 20.8. The van der Waals surface area contributed by atoms with Gasteiger partial charge in [-0.05, 0) is 37.5 Å². The lowest BCUT2D eigenvalue weighted by molar-refractivity contribution is -0.135. The van der Waals surface area contributed by atoms with Gasteiger partial charge in [0.15, 0.2) is 5.96 Å². The van der Waals surface area contributed by atoms with E-state index in [0.29, 0.717) is 6.54 Å². The Kier molecular flexibility index (Phi) is 7.30. The highest BCUT2D eigenvalue weighted by Crippen LogP contribution is 2.14. The quantitative estimate of drug-likeness (QED) is 0.583. The molecule has 160 valence electrons. The largest absolute Gasteiger partial charge is 0.363 e. The molecule has 1 amide bonds. The average Bonchev–Trinajstić information content (AvgIpc) is 3.28. The van der Waals surface area contributed by atoms with Crippen molar-refractivity contribution in [2.75, 3.05) is 65.3 Å². The maximum Gasteiger partial charge on any atom is 0.239 e. The van der Waals surface area contributed by atoms with Gasteiger partial charge in [-0.1, -0.05) is 0 Å². The van der Waals surface area contributed by atoms with Gasteiger partial charge in [-0.3, -0.25) is 14.7 Å². The Hall–Kier alpha value is -2.35. The van der Waals surface area contributed by atoms with Crippen LogP contribution in [0.5, 0.6) is 0 Å². The number of pyridine rings is 1. The third-order valence-electron chi connectivity index (χ3n) is 5.87. The summed E-state index contributed by atoms with van der Waals surface area (Å²) in [6.07, 6.45) is 4.12. The zero-order valence-electron chi connectivity index (χ0n) is 18.3. The third kappa shape index (κ3) is 5.38. The van der Waals surface area contributed by atoms with E-state index in [4.69, 9.17) is 0 Å². The molecule has 1 unspecified atom stereocenters. The molecule has 8 nitrogen and oxygen atoms in total. The first kappa shape index (κ1) is 21.4. The lowest BCUT2D eigenvalue weighted by Crippen LogP contribution is -2.57. The van der Waals surface area contributed by atoms with Crippen molar-refractivity contribution >= 4 is 17.7 Å². The van der Waals surface area contributed by atoms with Crippen molar-refractivity contribution in [2.45, 2.75) is 32.4 Å². The smallest absolute Gasteiger partial charge is 0.239 e. The first-order valence-corrected chi connectivity index (χ1v) is 10.6. The Labute approximate surface area is 174 Å². The van der Waals surface area contributed by atoms with Gasteiger partial charge in [-0.25, -0.2) is 4.98 Å². The van der Waals surface area contributed by atoms with Crippen LogP contribution in [0.4, 0.5) is 5.82 Å². The SMILES string of the molecule is CN=C(NCc1ccnc(N(C)C)c1)N1CCN(C(C)C(=O)N2CCCC2)CC1. The van der Waals surface area contributed by atoms with E-state index >= 15 is 0 Å². The number of guanidine groups is 1. The fourth-order valence-electron chi connectivity index (χ4n) is 4.01. The molecule has 3 rings (SSSR count). The number of carbonyl (C=O) groups is 1. The molecule has 0 aromatic carbocycles. The van der Waals surface area contributed by atoms with Crippen molar-refractivity contribution < 1.29 is 4.79 Å². The summed E-state index contributed by atoms with van der Waals surface area (Å²) in [6, 6.07) is 4.08. The number of anilines is 1. The number of hydrogen-bond donors (Lipinski definition) is 1. The molecule has 0 spiro atoms. The Balaban J connectivity index is 1.49. The summed E-state index contributed by atoms with van der Waals surface area (Å²) < 4.78 is 0. The molecular weight excluding hydrogens is 366 g/mol. The number of aliphatic imine (C=N–C) groups is 1. The lowest BCUT2D eigenvalue weighted by Gasteiger charge is -2.39. The fraction of sp³-hybridized carbons (Fsp3) is 0.667. The van der Waals surface area contributed by atoms with E-state index in [-0.39, 0.29) is 11.9 Å². The van der Waals surface area contributed by atoms with Gasteiger partial charge >= 0.3 is 0 Å². The summed E-state index contributed by atoms with van der Waals surface area (Å²) in [5.41, 5.74) is 1.17. The van der Waals surface area contributed by atoms with E-state index < -0.39 is 0 Å². The molecule has 0 radical (unpaired) electrons. The molecule has 2 aliphatic rings. The van der Waals surface area contributed by atoms with Crippen LogP contribution in [0.3, 0.4) is 0 Å². The van der Waals surface area contributed by atoms with Crippen LogP contribution in [0.25, 0.3) is 0 Å². The summed E-state index contributed by atoms with van der Waals surface area (Å²) in [7, 11) is 5.81. The molecule has 8 heteroatoms. The van der Waals surface area contributed by atoms with Gasteiger partial charge in [-0.2, -0.15) is 0 Å². The molecule has 0 aliphatic carbocycles. The Morgan fingerprint density at radius 1 is 1.17 bits per heavy atom. The molecule has 29 heavy (non-hydrogen) atoms. The van der Waals surface area contributed by atoms with Gasteiger partial charge in [0.1, 0.15) is 5.82 Å². The van der Waals surface area contributed by atoms with Crippen molar-refractivity contribution in [2.24, 2.45) is 4.99 Å². The molecule has 1 atom stereocenters. The maximum atomic E-state index is 12.7. The van der Waals surface area contributed by atoms with E-state index in [0.717, 1.165) is 63.9 Å². The van der Waals surface area contributed by atoms with Crippen LogP contribution in [-0.4, -0.2) is 98.0 Å². The molecule has 3 heterocycles. The van der Waals surface area contributed by atoms with Crippen LogP contribution in [0.15, 0.2) is 23.3 Å². The number of rotatable bonds is 5. The molecule has 0 bridgehead atoms. The number of carbonyl (C=O) groups excluding carboxylic acids is 1. The standard InChI is InChI=1S/C21H35N7O/c1-17(20(29)27-9-5-6-10-27)26-11-13-28(14-12-26)21(22-2)24-16-18-7-8-23-19(15-18)25(3)4/h7-8,15,17H,5-6,9-14,16H2,1-4H3,(H,22,24). The monoisotopic (exact) mass is 401 g/mol. The first-order valence-electron chi connectivity index (χ1n) is 10.6. The Morgan fingerprint density at radius 3 is 2.48 bits per heavy atom. The number of nitrogens with one attached hydrogen (secondary N) is 1. The van der Waals surface area contributed by atoms with Gasteiger partial charge < -0.3 is 20.0 Å². The van der Waals surface area contributed by atoms with Crippen LogP contribution in [0, 0.1) is 0 Å². The van der Waals surface area contributed by atoms with E-state index in [2.05, 4.69) is 38.1 Å². The van der Waals surface area contributed by atoms with Crippen LogP contribution >= 0.6 is 0 Å². The zero-order valence-corrected chi connectivity index (χ0v) is 18.3. The van der Waals surface area contributed by atoms with Crippen molar-refractivity contribution in [3.63, 3.8) is 0 Å². The second-order valence-corrected chi connectivity index (χ2v) is 8.05. The molecule has 2 fully saturated rings. The van der Waals surface area contributed by atoms with E-state index in [1.807, 2.05) is 43.2 Å². The van der Waals surface area contributed by atoms with E-state index in [1.54, 1.807) is 0 Å². The van der Waals surface area contributed by atoms with Gasteiger partial charge in [0.2, 0.25) is 5.91 Å². The van der Waals surface area contributed by atoms with Crippen molar-refractivity contribution in [3.05, 3.63) is 23.9 Å². The lowest BCUT2D eigenvalue weighted by atomic mass is 10.2. The second-order valence-electron chi connectivity index (χ2n) is 8.05. The summed E-state index contributed by atoms with van der Waals surface area (Å²) >= 11 is 0. The number of aromatic nitrogens is 1. The van der Waals surface area contributed by atoms with Crippen LogP contribution in [-0.2, 0) is 11.3 Å². The highest BCUT2D eigenvalue weighted by molar-refractivity contribution is 5.82.